The van der Waals surface area contributed by atoms with Crippen LogP contribution in [0, 0.1) is 0 Å². The summed E-state index contributed by atoms with van der Waals surface area (Å²) in [5, 5.41) is 0. The van der Waals surface area contributed by atoms with E-state index in [9.17, 15) is 0 Å². The molecule has 0 fully saturated rings. The Hall–Kier alpha value is -2.35. The van der Waals surface area contributed by atoms with Crippen LogP contribution in [-0.2, 0) is 0 Å². The monoisotopic (exact) mass is 220 g/mol. The first kappa shape index (κ1) is 9.85. The third-order valence-electron chi connectivity index (χ3n) is 2.65. The van der Waals surface area contributed by atoms with Crippen molar-refractivity contribution in [2.24, 2.45) is 4.99 Å². The molecule has 2 heterocycles. The van der Waals surface area contributed by atoms with Crippen LogP contribution in [0.5, 0.6) is 0 Å². The van der Waals surface area contributed by atoms with Gasteiger partial charge in [-0.25, -0.2) is 4.99 Å². The number of para-hydroxylation sites is 1. The van der Waals surface area contributed by atoms with Crippen LogP contribution in [0.3, 0.4) is 0 Å². The van der Waals surface area contributed by atoms with Gasteiger partial charge < -0.3 is 4.40 Å². The Morgan fingerprint density at radius 3 is 2.35 bits per heavy atom. The number of nitrogens with zero attached hydrogens (tertiary/aromatic N) is 2. The van der Waals surface area contributed by atoms with Gasteiger partial charge >= 0.3 is 0 Å². The maximum atomic E-state index is 4.63. The predicted octanol–water partition coefficient (Wildman–Crippen LogP) is 3.17. The molecule has 0 N–H and O–H groups in total. The highest BCUT2D eigenvalue weighted by Crippen LogP contribution is 2.08. The van der Waals surface area contributed by atoms with E-state index >= 15 is 0 Å². The minimum atomic E-state index is 0.939. The second-order valence-corrected chi connectivity index (χ2v) is 3.83. The molecule has 0 aliphatic heterocycles. The zero-order valence-electron chi connectivity index (χ0n) is 9.32. The molecule has 3 aromatic rings. The molecule has 0 radical (unpaired) electrons. The van der Waals surface area contributed by atoms with Crippen LogP contribution >= 0.6 is 0 Å². The van der Waals surface area contributed by atoms with E-state index in [0.717, 1.165) is 16.7 Å². The zero-order chi connectivity index (χ0) is 11.5. The maximum Gasteiger partial charge on any atom is 0.137 e. The molecule has 0 unspecified atom stereocenters. The lowest BCUT2D eigenvalue weighted by Gasteiger charge is -2.01. The number of benzene rings is 1. The largest absolute Gasteiger partial charge is 0.302 e. The fourth-order valence-electron chi connectivity index (χ4n) is 1.84. The summed E-state index contributed by atoms with van der Waals surface area (Å²) in [7, 11) is 0. The minimum absolute atomic E-state index is 0.939. The lowest BCUT2D eigenvalue weighted by Crippen LogP contribution is -2.12. The van der Waals surface area contributed by atoms with E-state index in [-0.39, 0.29) is 0 Å². The lowest BCUT2D eigenvalue weighted by molar-refractivity contribution is 1.04. The topological polar surface area (TPSA) is 16.8 Å². The molecule has 1 aromatic carbocycles. The summed E-state index contributed by atoms with van der Waals surface area (Å²) in [6.45, 7) is 0. The molecule has 3 rings (SSSR count). The van der Waals surface area contributed by atoms with E-state index in [4.69, 9.17) is 0 Å². The molecule has 0 spiro atoms. The first-order valence-electron chi connectivity index (χ1n) is 5.60. The second-order valence-electron chi connectivity index (χ2n) is 3.83. The van der Waals surface area contributed by atoms with Gasteiger partial charge in [-0.2, -0.15) is 0 Å². The van der Waals surface area contributed by atoms with E-state index in [1.165, 1.54) is 0 Å². The van der Waals surface area contributed by atoms with E-state index in [0.29, 0.717) is 0 Å². The quantitative estimate of drug-likeness (QED) is 0.599. The predicted molar refractivity (Wildman–Crippen MR) is 69.1 cm³/mol. The number of pyridine rings is 2. The number of rotatable bonds is 1. The Morgan fingerprint density at radius 2 is 1.47 bits per heavy atom. The van der Waals surface area contributed by atoms with Gasteiger partial charge in [-0.05, 0) is 36.4 Å². The van der Waals surface area contributed by atoms with Gasteiger partial charge in [0.05, 0.1) is 5.69 Å². The molecule has 17 heavy (non-hydrogen) atoms. The van der Waals surface area contributed by atoms with Crippen molar-refractivity contribution in [1.29, 1.82) is 0 Å². The van der Waals surface area contributed by atoms with Gasteiger partial charge in [0, 0.05) is 11.7 Å². The van der Waals surface area contributed by atoms with Crippen LogP contribution < -0.4 is 5.49 Å². The molecule has 0 saturated carbocycles. The average molecular weight is 220 g/mol. The standard InChI is InChI=1S/C15H12N2/c1-2-7-13(8-3-1)16-15-11-6-10-14-9-4-5-12-17(14)15/h1-12H. The Balaban J connectivity index is 2.28. The molecule has 0 atom stereocenters. The molecular formula is C15H12N2. The third-order valence-corrected chi connectivity index (χ3v) is 2.65. The van der Waals surface area contributed by atoms with Crippen LogP contribution in [0.15, 0.2) is 77.9 Å². The molecule has 0 aliphatic rings. The Morgan fingerprint density at radius 1 is 0.706 bits per heavy atom. The van der Waals surface area contributed by atoms with Crippen LogP contribution in [0.2, 0.25) is 0 Å². The molecule has 0 aliphatic carbocycles. The van der Waals surface area contributed by atoms with E-state index in [1.54, 1.807) is 0 Å². The van der Waals surface area contributed by atoms with Crippen molar-refractivity contribution < 1.29 is 0 Å². The normalized spacial score (nSPS) is 11.9. The molecule has 0 bridgehead atoms. The van der Waals surface area contributed by atoms with Crippen molar-refractivity contribution in [3.63, 3.8) is 0 Å². The number of aromatic nitrogens is 1. The second kappa shape index (κ2) is 4.26. The van der Waals surface area contributed by atoms with E-state index < -0.39 is 0 Å². The third kappa shape index (κ3) is 1.97. The van der Waals surface area contributed by atoms with E-state index in [2.05, 4.69) is 21.5 Å². The van der Waals surface area contributed by atoms with Gasteiger partial charge in [0.1, 0.15) is 5.49 Å². The van der Waals surface area contributed by atoms with Crippen LogP contribution in [0.4, 0.5) is 5.69 Å². The van der Waals surface area contributed by atoms with Gasteiger partial charge in [0.15, 0.2) is 0 Å². The average Bonchev–Trinajstić information content (AvgIpc) is 2.40. The minimum Gasteiger partial charge on any atom is -0.302 e. The summed E-state index contributed by atoms with van der Waals surface area (Å²) in [6.07, 6.45) is 2.02. The zero-order valence-corrected chi connectivity index (χ0v) is 9.32. The van der Waals surface area contributed by atoms with Gasteiger partial charge in [-0.3, -0.25) is 0 Å². The summed E-state index contributed by atoms with van der Waals surface area (Å²) in [5.41, 5.74) is 3.05. The highest BCUT2D eigenvalue weighted by molar-refractivity contribution is 5.46. The van der Waals surface area contributed by atoms with Crippen molar-refractivity contribution in [1.82, 2.24) is 4.40 Å². The van der Waals surface area contributed by atoms with Gasteiger partial charge in [0.2, 0.25) is 0 Å². The molecular weight excluding hydrogens is 208 g/mol. The molecule has 0 saturated heterocycles. The van der Waals surface area contributed by atoms with Crippen molar-refractivity contribution >= 4 is 11.2 Å². The van der Waals surface area contributed by atoms with Crippen LogP contribution in [0.25, 0.3) is 5.52 Å². The fourth-order valence-corrected chi connectivity index (χ4v) is 1.84. The van der Waals surface area contributed by atoms with Gasteiger partial charge in [-0.15, -0.1) is 0 Å². The fraction of sp³-hybridized carbons (Fsp3) is 0. The highest BCUT2D eigenvalue weighted by atomic mass is 14.9. The molecule has 2 aromatic heterocycles. The van der Waals surface area contributed by atoms with Crippen LogP contribution in [-0.4, -0.2) is 4.40 Å². The first-order chi connectivity index (χ1) is 8.43. The number of hydrogen-bond donors (Lipinski definition) is 0. The van der Waals surface area contributed by atoms with Crippen molar-refractivity contribution in [3.05, 3.63) is 78.4 Å². The maximum absolute atomic E-state index is 4.63. The Labute approximate surface area is 99.5 Å². The highest BCUT2D eigenvalue weighted by Gasteiger charge is 1.91. The first-order valence-corrected chi connectivity index (χ1v) is 5.60. The molecule has 82 valence electrons. The Bertz CT molecular complexity index is 691. The van der Waals surface area contributed by atoms with Crippen molar-refractivity contribution in [2.45, 2.75) is 0 Å². The summed E-state index contributed by atoms with van der Waals surface area (Å²) >= 11 is 0. The summed E-state index contributed by atoms with van der Waals surface area (Å²) in [5.74, 6) is 0. The van der Waals surface area contributed by atoms with Crippen LogP contribution in [0.1, 0.15) is 0 Å². The number of hydrogen-bond acceptors (Lipinski definition) is 1. The van der Waals surface area contributed by atoms with Gasteiger partial charge in [0.25, 0.3) is 0 Å². The smallest absolute Gasteiger partial charge is 0.137 e. The molecule has 2 heteroatoms. The van der Waals surface area contributed by atoms with Crippen molar-refractivity contribution in [3.8, 4) is 0 Å². The summed E-state index contributed by atoms with van der Waals surface area (Å²) in [6, 6.07) is 22.2. The van der Waals surface area contributed by atoms with E-state index in [1.807, 2.05) is 60.8 Å². The SMILES string of the molecule is c1ccc(N=c2cccc3ccccn23)cc1. The summed E-state index contributed by atoms with van der Waals surface area (Å²) in [4.78, 5) is 4.63. The molecule has 2 nitrogen and oxygen atoms in total. The summed E-state index contributed by atoms with van der Waals surface area (Å²) < 4.78 is 2.08. The van der Waals surface area contributed by atoms with Gasteiger partial charge in [-0.1, -0.05) is 30.3 Å². The number of fused-ring (bicyclic) bond motifs is 1. The Kier molecular flexibility index (Phi) is 2.47. The van der Waals surface area contributed by atoms with Crippen molar-refractivity contribution in [2.75, 3.05) is 0 Å². The lowest BCUT2D eigenvalue weighted by atomic mass is 10.3. The molecule has 0 amide bonds.